The number of benzene rings is 2. The summed E-state index contributed by atoms with van der Waals surface area (Å²) >= 11 is 1.54. The number of thiazole rings is 1. The maximum atomic E-state index is 6.17. The van der Waals surface area contributed by atoms with Crippen molar-refractivity contribution in [2.45, 2.75) is 67.2 Å². The van der Waals surface area contributed by atoms with Gasteiger partial charge in [0.1, 0.15) is 5.75 Å². The normalized spacial score (nSPS) is 11.3. The van der Waals surface area contributed by atoms with E-state index in [1.54, 1.807) is 11.3 Å². The molecule has 1 heterocycles. The van der Waals surface area contributed by atoms with Crippen molar-refractivity contribution in [2.75, 3.05) is 20.1 Å². The Bertz CT molecular complexity index is 984. The lowest BCUT2D eigenvalue weighted by Crippen LogP contribution is -2.20. The summed E-state index contributed by atoms with van der Waals surface area (Å²) in [4.78, 5) is 7.06. The van der Waals surface area contributed by atoms with Gasteiger partial charge in [0.2, 0.25) is 0 Å². The highest BCUT2D eigenvalue weighted by atomic mass is 32.1. The van der Waals surface area contributed by atoms with Crippen LogP contribution in [0.3, 0.4) is 0 Å². The standard InChI is InChI=1S/C26H34N2OS.C2H6/c1-8-28(7)14-13-21-15-19(3)24(16-18(21)2)29-25-27-23(17-30-25)20-9-11-22(12-10-20)26(4,5)6;1-2/h9-12,15-17H,8,13-14H2,1-7H3;1-2H3. The lowest BCUT2D eigenvalue weighted by molar-refractivity contribution is 0.357. The summed E-state index contributed by atoms with van der Waals surface area (Å²) in [5, 5.41) is 2.75. The largest absolute Gasteiger partial charge is 0.431 e. The fourth-order valence-electron chi connectivity index (χ4n) is 3.37. The molecule has 3 nitrogen and oxygen atoms in total. The van der Waals surface area contributed by atoms with Crippen molar-refractivity contribution in [2.24, 2.45) is 0 Å². The van der Waals surface area contributed by atoms with Crippen LogP contribution in [0.4, 0.5) is 0 Å². The van der Waals surface area contributed by atoms with Crippen molar-refractivity contribution in [1.29, 1.82) is 0 Å². The molecule has 0 saturated heterocycles. The molecule has 0 N–H and O–H groups in total. The topological polar surface area (TPSA) is 25.4 Å². The zero-order valence-corrected chi connectivity index (χ0v) is 22.2. The van der Waals surface area contributed by atoms with Gasteiger partial charge in [-0.3, -0.25) is 0 Å². The van der Waals surface area contributed by atoms with Gasteiger partial charge in [-0.15, -0.1) is 0 Å². The molecule has 0 unspecified atom stereocenters. The molecular weight excluding hydrogens is 412 g/mol. The molecule has 174 valence electrons. The Kier molecular flexibility index (Phi) is 9.47. The van der Waals surface area contributed by atoms with E-state index in [0.717, 1.165) is 42.1 Å². The molecule has 0 saturated carbocycles. The Balaban J connectivity index is 0.00000176. The minimum Gasteiger partial charge on any atom is -0.431 e. The first-order valence-electron chi connectivity index (χ1n) is 11.7. The second-order valence-electron chi connectivity index (χ2n) is 9.12. The first-order chi connectivity index (χ1) is 15.2. The molecule has 0 bridgehead atoms. The summed E-state index contributed by atoms with van der Waals surface area (Å²) in [6.07, 6.45) is 1.06. The second kappa shape index (κ2) is 11.6. The number of aromatic nitrogens is 1. The second-order valence-corrected chi connectivity index (χ2v) is 9.94. The lowest BCUT2D eigenvalue weighted by atomic mass is 9.86. The lowest BCUT2D eigenvalue weighted by Gasteiger charge is -2.18. The Morgan fingerprint density at radius 2 is 1.66 bits per heavy atom. The summed E-state index contributed by atoms with van der Waals surface area (Å²) in [6, 6.07) is 13.1. The smallest absolute Gasteiger partial charge is 0.279 e. The van der Waals surface area contributed by atoms with Crippen LogP contribution in [0.1, 0.15) is 63.8 Å². The number of hydrogen-bond donors (Lipinski definition) is 0. The highest BCUT2D eigenvalue weighted by Gasteiger charge is 2.14. The first-order valence-corrected chi connectivity index (χ1v) is 12.6. The van der Waals surface area contributed by atoms with Gasteiger partial charge in [0.05, 0.1) is 5.69 Å². The van der Waals surface area contributed by atoms with E-state index in [1.807, 2.05) is 13.8 Å². The third kappa shape index (κ3) is 6.91. The van der Waals surface area contributed by atoms with Gasteiger partial charge in [0.15, 0.2) is 0 Å². The molecule has 0 atom stereocenters. The molecule has 0 fully saturated rings. The molecule has 3 aromatic rings. The van der Waals surface area contributed by atoms with E-state index < -0.39 is 0 Å². The minimum absolute atomic E-state index is 0.155. The minimum atomic E-state index is 0.155. The van der Waals surface area contributed by atoms with Gasteiger partial charge in [-0.2, -0.15) is 0 Å². The Hall–Kier alpha value is -2.17. The molecule has 32 heavy (non-hydrogen) atoms. The summed E-state index contributed by atoms with van der Waals surface area (Å²) in [5.74, 6) is 0.893. The molecule has 0 aliphatic carbocycles. The zero-order chi connectivity index (χ0) is 23.9. The van der Waals surface area contributed by atoms with Crippen LogP contribution >= 0.6 is 11.3 Å². The van der Waals surface area contributed by atoms with Gasteiger partial charge >= 0.3 is 0 Å². The summed E-state index contributed by atoms with van der Waals surface area (Å²) in [7, 11) is 2.16. The quantitative estimate of drug-likeness (QED) is 0.363. The zero-order valence-electron chi connectivity index (χ0n) is 21.4. The van der Waals surface area contributed by atoms with E-state index in [1.165, 1.54) is 16.7 Å². The van der Waals surface area contributed by atoms with Gasteiger partial charge in [-0.25, -0.2) is 4.98 Å². The van der Waals surface area contributed by atoms with Crippen LogP contribution in [0.5, 0.6) is 10.9 Å². The Morgan fingerprint density at radius 1 is 1.00 bits per heavy atom. The highest BCUT2D eigenvalue weighted by molar-refractivity contribution is 7.11. The van der Waals surface area contributed by atoms with Crippen molar-refractivity contribution in [3.63, 3.8) is 0 Å². The molecule has 0 radical (unpaired) electrons. The summed E-state index contributed by atoms with van der Waals surface area (Å²) in [6.45, 7) is 19.3. The number of nitrogens with zero attached hydrogens (tertiary/aromatic N) is 2. The molecule has 3 rings (SSSR count). The summed E-state index contributed by atoms with van der Waals surface area (Å²) < 4.78 is 6.17. The number of aryl methyl sites for hydroxylation is 2. The van der Waals surface area contributed by atoms with Crippen LogP contribution in [0.25, 0.3) is 11.3 Å². The van der Waals surface area contributed by atoms with Gasteiger partial charge < -0.3 is 9.64 Å². The maximum absolute atomic E-state index is 6.17. The first kappa shape index (κ1) is 26.1. The molecular formula is C28H40N2OS. The SMILES string of the molecule is CC.CCN(C)CCc1cc(C)c(Oc2nc(-c3ccc(C(C)(C)C)cc3)cs2)cc1C. The molecule has 0 amide bonds. The number of ether oxygens (including phenoxy) is 1. The van der Waals surface area contributed by atoms with Crippen molar-refractivity contribution < 1.29 is 4.74 Å². The van der Waals surface area contributed by atoms with E-state index in [9.17, 15) is 0 Å². The summed E-state index contributed by atoms with van der Waals surface area (Å²) in [5.41, 5.74) is 7.38. The fourth-order valence-corrected chi connectivity index (χ4v) is 4.06. The monoisotopic (exact) mass is 452 g/mol. The van der Waals surface area contributed by atoms with E-state index in [-0.39, 0.29) is 5.41 Å². The third-order valence-electron chi connectivity index (χ3n) is 5.66. The number of rotatable bonds is 7. The van der Waals surface area contributed by atoms with Gasteiger partial charge in [0, 0.05) is 17.5 Å². The van der Waals surface area contributed by atoms with Gasteiger partial charge in [-0.1, -0.05) is 83.2 Å². The van der Waals surface area contributed by atoms with Crippen LogP contribution in [-0.4, -0.2) is 30.0 Å². The molecule has 2 aromatic carbocycles. The molecule has 1 aromatic heterocycles. The van der Waals surface area contributed by atoms with E-state index >= 15 is 0 Å². The molecule has 0 spiro atoms. The van der Waals surface area contributed by atoms with Crippen LogP contribution in [0.15, 0.2) is 41.8 Å². The van der Waals surface area contributed by atoms with Crippen LogP contribution < -0.4 is 4.74 Å². The van der Waals surface area contributed by atoms with Gasteiger partial charge in [-0.05, 0) is 67.6 Å². The van der Waals surface area contributed by atoms with Crippen molar-refractivity contribution >= 4 is 11.3 Å². The van der Waals surface area contributed by atoms with E-state index in [2.05, 4.69) is 95.3 Å². The molecule has 0 aliphatic heterocycles. The maximum Gasteiger partial charge on any atom is 0.279 e. The van der Waals surface area contributed by atoms with Gasteiger partial charge in [0.25, 0.3) is 5.19 Å². The average molecular weight is 453 g/mol. The number of hydrogen-bond acceptors (Lipinski definition) is 4. The highest BCUT2D eigenvalue weighted by Crippen LogP contribution is 2.33. The third-order valence-corrected chi connectivity index (χ3v) is 6.38. The Labute approximate surface area is 199 Å². The van der Waals surface area contributed by atoms with Crippen molar-refractivity contribution in [3.8, 4) is 22.2 Å². The molecule has 0 aliphatic rings. The number of likely N-dealkylation sites (N-methyl/N-ethyl adjacent to an activating group) is 1. The average Bonchev–Trinajstić information content (AvgIpc) is 3.24. The Morgan fingerprint density at radius 3 is 2.25 bits per heavy atom. The van der Waals surface area contributed by atoms with Crippen LogP contribution in [0.2, 0.25) is 0 Å². The van der Waals surface area contributed by atoms with E-state index in [4.69, 9.17) is 9.72 Å². The van der Waals surface area contributed by atoms with Crippen molar-refractivity contribution in [1.82, 2.24) is 9.88 Å². The molecule has 4 heteroatoms. The fraction of sp³-hybridized carbons (Fsp3) is 0.464. The van der Waals surface area contributed by atoms with Crippen LogP contribution in [0, 0.1) is 13.8 Å². The van der Waals surface area contributed by atoms with E-state index in [0.29, 0.717) is 5.19 Å². The van der Waals surface area contributed by atoms with Crippen molar-refractivity contribution in [3.05, 3.63) is 64.0 Å². The predicted octanol–water partition coefficient (Wildman–Crippen LogP) is 8.04. The van der Waals surface area contributed by atoms with Crippen LogP contribution in [-0.2, 0) is 11.8 Å². The predicted molar refractivity (Wildman–Crippen MR) is 140 cm³/mol.